The summed E-state index contributed by atoms with van der Waals surface area (Å²) in [4.78, 5) is 21.6. The van der Waals surface area contributed by atoms with Gasteiger partial charge in [0.15, 0.2) is 5.82 Å². The molecule has 178 valence electrons. The predicted molar refractivity (Wildman–Crippen MR) is 134 cm³/mol. The molecule has 10 nitrogen and oxygen atoms in total. The van der Waals surface area contributed by atoms with E-state index in [1.165, 1.54) is 0 Å². The lowest BCUT2D eigenvalue weighted by Crippen LogP contribution is -2.34. The van der Waals surface area contributed by atoms with Crippen LogP contribution in [0.3, 0.4) is 0 Å². The van der Waals surface area contributed by atoms with Crippen LogP contribution in [-0.4, -0.2) is 54.3 Å². The topological polar surface area (TPSA) is 130 Å². The van der Waals surface area contributed by atoms with E-state index in [0.29, 0.717) is 11.5 Å². The molecule has 0 spiro atoms. The number of aromatic nitrogens is 7. The zero-order chi connectivity index (χ0) is 23.9. The number of ether oxygens (including phenoxy) is 1. The fourth-order valence-corrected chi connectivity index (χ4v) is 4.66. The number of imidazole rings is 1. The summed E-state index contributed by atoms with van der Waals surface area (Å²) < 4.78 is 11.4. The second-order valence-corrected chi connectivity index (χ2v) is 8.84. The maximum atomic E-state index is 6.18. The van der Waals surface area contributed by atoms with Gasteiger partial charge < -0.3 is 19.5 Å². The number of H-pyrrole nitrogens is 2. The Balaban J connectivity index is 1.26. The molecule has 0 atom stereocenters. The zero-order valence-corrected chi connectivity index (χ0v) is 19.2. The second kappa shape index (κ2) is 8.58. The number of hydrogen-bond donors (Lipinski definition) is 3. The average Bonchev–Trinajstić information content (AvgIpc) is 3.68. The number of pyridine rings is 3. The molecule has 1 aliphatic heterocycles. The predicted octanol–water partition coefficient (Wildman–Crippen LogP) is 4.35. The molecule has 3 N–H and O–H groups in total. The maximum Gasteiger partial charge on any atom is 0.159 e. The van der Waals surface area contributed by atoms with Crippen LogP contribution < -0.4 is 10.1 Å². The SMILES string of the molecule is c1cc(-c2cncc3[nH]c(-c4n[nH]c5cnc(-c6cncc(OC7CCNCC7)c6)cc45)nc23)co1. The van der Waals surface area contributed by atoms with E-state index in [-0.39, 0.29) is 6.10 Å². The monoisotopic (exact) mass is 478 g/mol. The lowest BCUT2D eigenvalue weighted by molar-refractivity contribution is 0.162. The van der Waals surface area contributed by atoms with Gasteiger partial charge in [-0.3, -0.25) is 20.1 Å². The molecular weight excluding hydrogens is 456 g/mol. The van der Waals surface area contributed by atoms with Crippen molar-refractivity contribution in [2.75, 3.05) is 13.1 Å². The fourth-order valence-electron chi connectivity index (χ4n) is 4.66. The molecule has 7 heterocycles. The van der Waals surface area contributed by atoms with Gasteiger partial charge in [0.2, 0.25) is 0 Å². The fraction of sp³-hybridized carbons (Fsp3) is 0.192. The molecule has 0 bridgehead atoms. The Morgan fingerprint density at radius 1 is 0.944 bits per heavy atom. The van der Waals surface area contributed by atoms with Gasteiger partial charge in [-0.1, -0.05) is 0 Å². The molecule has 10 heteroatoms. The Bertz CT molecular complexity index is 1660. The standard InChI is InChI=1S/C26H22N8O2/c1-4-27-5-2-17(1)36-18-7-16(9-28-10-18)21-8-19-22(13-30-21)33-34-25(19)26-31-23-12-29-11-20(24(23)32-26)15-3-6-35-14-15/h3,6-14,17,27H,1-2,4-5H2,(H,31,32)(H,33,34). The van der Waals surface area contributed by atoms with Gasteiger partial charge in [0, 0.05) is 34.5 Å². The molecule has 0 unspecified atom stereocenters. The molecule has 6 aromatic rings. The van der Waals surface area contributed by atoms with Crippen LogP contribution >= 0.6 is 0 Å². The highest BCUT2D eigenvalue weighted by molar-refractivity contribution is 5.97. The van der Waals surface area contributed by atoms with E-state index in [1.54, 1.807) is 43.5 Å². The number of nitrogens with zero attached hydrogens (tertiary/aromatic N) is 5. The third-order valence-electron chi connectivity index (χ3n) is 6.50. The van der Waals surface area contributed by atoms with E-state index in [9.17, 15) is 0 Å². The van der Waals surface area contributed by atoms with Gasteiger partial charge >= 0.3 is 0 Å². The van der Waals surface area contributed by atoms with Gasteiger partial charge in [0.1, 0.15) is 23.1 Å². The molecule has 1 aliphatic rings. The zero-order valence-electron chi connectivity index (χ0n) is 19.2. The van der Waals surface area contributed by atoms with Crippen molar-refractivity contribution in [3.8, 4) is 39.7 Å². The van der Waals surface area contributed by atoms with Crippen molar-refractivity contribution in [1.82, 2.24) is 40.4 Å². The molecule has 0 aliphatic carbocycles. The smallest absolute Gasteiger partial charge is 0.159 e. The molecule has 1 saturated heterocycles. The van der Waals surface area contributed by atoms with Crippen LogP contribution in [0.25, 0.3) is 55.8 Å². The number of furan rings is 1. The summed E-state index contributed by atoms with van der Waals surface area (Å²) in [6.07, 6.45) is 14.4. The van der Waals surface area contributed by atoms with Gasteiger partial charge in [0.25, 0.3) is 0 Å². The van der Waals surface area contributed by atoms with Crippen LogP contribution in [0.5, 0.6) is 5.75 Å². The summed E-state index contributed by atoms with van der Waals surface area (Å²) >= 11 is 0. The van der Waals surface area contributed by atoms with Crippen LogP contribution in [0.2, 0.25) is 0 Å². The number of nitrogens with one attached hydrogen (secondary N) is 3. The van der Waals surface area contributed by atoms with Crippen LogP contribution in [0.1, 0.15) is 12.8 Å². The first-order valence-electron chi connectivity index (χ1n) is 11.9. The Kier molecular flexibility index (Phi) is 4.95. The largest absolute Gasteiger partial charge is 0.489 e. The molecule has 0 saturated carbocycles. The van der Waals surface area contributed by atoms with Crippen molar-refractivity contribution in [1.29, 1.82) is 0 Å². The normalized spacial score (nSPS) is 14.6. The summed E-state index contributed by atoms with van der Waals surface area (Å²) in [5.74, 6) is 1.40. The van der Waals surface area contributed by atoms with Gasteiger partial charge in [0.05, 0.1) is 47.8 Å². The molecular formula is C26H22N8O2. The molecule has 6 aromatic heterocycles. The first-order chi connectivity index (χ1) is 17.8. The van der Waals surface area contributed by atoms with Crippen LogP contribution in [-0.2, 0) is 0 Å². The van der Waals surface area contributed by atoms with Gasteiger partial charge in [-0.05, 0) is 44.1 Å². The van der Waals surface area contributed by atoms with Crippen molar-refractivity contribution in [3.63, 3.8) is 0 Å². The van der Waals surface area contributed by atoms with Crippen LogP contribution in [0.15, 0.2) is 66.1 Å². The summed E-state index contributed by atoms with van der Waals surface area (Å²) in [6.45, 7) is 1.95. The molecule has 1 fully saturated rings. The van der Waals surface area contributed by atoms with Crippen LogP contribution in [0, 0.1) is 0 Å². The van der Waals surface area contributed by atoms with Crippen LogP contribution in [0.4, 0.5) is 0 Å². The lowest BCUT2D eigenvalue weighted by Gasteiger charge is -2.23. The second-order valence-electron chi connectivity index (χ2n) is 8.84. The highest BCUT2D eigenvalue weighted by Gasteiger charge is 2.18. The number of fused-ring (bicyclic) bond motifs is 2. The number of rotatable bonds is 5. The third kappa shape index (κ3) is 3.68. The van der Waals surface area contributed by atoms with Gasteiger partial charge in [-0.25, -0.2) is 4.98 Å². The van der Waals surface area contributed by atoms with Crippen molar-refractivity contribution < 1.29 is 9.15 Å². The Hall–Kier alpha value is -4.57. The lowest BCUT2D eigenvalue weighted by atomic mass is 10.1. The van der Waals surface area contributed by atoms with E-state index in [2.05, 4.69) is 35.5 Å². The van der Waals surface area contributed by atoms with E-state index >= 15 is 0 Å². The van der Waals surface area contributed by atoms with E-state index in [1.807, 2.05) is 18.2 Å². The Morgan fingerprint density at radius 3 is 2.75 bits per heavy atom. The van der Waals surface area contributed by atoms with E-state index in [4.69, 9.17) is 14.1 Å². The van der Waals surface area contributed by atoms with Crippen molar-refractivity contribution in [2.24, 2.45) is 0 Å². The Labute approximate surface area is 205 Å². The number of piperidine rings is 1. The minimum atomic E-state index is 0.203. The van der Waals surface area contributed by atoms with Crippen molar-refractivity contribution >= 4 is 21.9 Å². The maximum absolute atomic E-state index is 6.18. The Morgan fingerprint density at radius 2 is 1.86 bits per heavy atom. The molecule has 0 amide bonds. The minimum absolute atomic E-state index is 0.203. The summed E-state index contributed by atoms with van der Waals surface area (Å²) in [7, 11) is 0. The molecule has 0 radical (unpaired) electrons. The number of aromatic amines is 2. The first kappa shape index (κ1) is 20.8. The van der Waals surface area contributed by atoms with E-state index in [0.717, 1.165) is 76.0 Å². The molecule has 7 rings (SSSR count). The van der Waals surface area contributed by atoms with Gasteiger partial charge in [-0.15, -0.1) is 0 Å². The third-order valence-corrected chi connectivity index (χ3v) is 6.50. The summed E-state index contributed by atoms with van der Waals surface area (Å²) in [5.41, 5.74) is 6.62. The summed E-state index contributed by atoms with van der Waals surface area (Å²) in [5, 5.41) is 11.9. The van der Waals surface area contributed by atoms with Gasteiger partial charge in [-0.2, -0.15) is 5.10 Å². The van der Waals surface area contributed by atoms with Crippen molar-refractivity contribution in [2.45, 2.75) is 18.9 Å². The molecule has 0 aromatic carbocycles. The average molecular weight is 479 g/mol. The van der Waals surface area contributed by atoms with Crippen molar-refractivity contribution in [3.05, 3.63) is 61.7 Å². The number of hydrogen-bond acceptors (Lipinski definition) is 8. The summed E-state index contributed by atoms with van der Waals surface area (Å²) in [6, 6.07) is 5.89. The highest BCUT2D eigenvalue weighted by Crippen LogP contribution is 2.32. The molecule has 36 heavy (non-hydrogen) atoms. The van der Waals surface area contributed by atoms with E-state index < -0.39 is 0 Å². The first-order valence-corrected chi connectivity index (χ1v) is 11.9. The highest BCUT2D eigenvalue weighted by atomic mass is 16.5. The quantitative estimate of drug-likeness (QED) is 0.333. The minimum Gasteiger partial charge on any atom is -0.489 e.